The van der Waals surface area contributed by atoms with Gasteiger partial charge < -0.3 is 14.2 Å². The molecule has 0 N–H and O–H groups in total. The van der Waals surface area contributed by atoms with Crippen LogP contribution in [-0.2, 0) is 15.7 Å². The normalized spacial score (nSPS) is 11.9. The van der Waals surface area contributed by atoms with Gasteiger partial charge >= 0.3 is 6.18 Å². The van der Waals surface area contributed by atoms with E-state index < -0.39 is 18.0 Å². The zero-order valence-electron chi connectivity index (χ0n) is 10.9. The van der Waals surface area contributed by atoms with Gasteiger partial charge in [-0.25, -0.2) is 0 Å². The minimum Gasteiger partial charge on any atom is -0.488 e. The zero-order chi connectivity index (χ0) is 14.3. The number of ether oxygens (including phenoxy) is 3. The summed E-state index contributed by atoms with van der Waals surface area (Å²) in [7, 11) is 0. The van der Waals surface area contributed by atoms with Crippen LogP contribution in [0, 0.1) is 0 Å². The lowest BCUT2D eigenvalue weighted by atomic mass is 10.2. The topological polar surface area (TPSA) is 27.7 Å². The van der Waals surface area contributed by atoms with E-state index in [0.29, 0.717) is 13.2 Å². The van der Waals surface area contributed by atoms with E-state index >= 15 is 0 Å². The molecule has 0 fully saturated rings. The van der Waals surface area contributed by atoms with Gasteiger partial charge in [-0.3, -0.25) is 0 Å². The summed E-state index contributed by atoms with van der Waals surface area (Å²) in [5.74, 6) is 0.138. The molecule has 0 aliphatic heterocycles. The van der Waals surface area contributed by atoms with E-state index in [2.05, 4.69) is 0 Å². The molecule has 1 aromatic carbocycles. The van der Waals surface area contributed by atoms with Crippen LogP contribution in [-0.4, -0.2) is 26.1 Å². The van der Waals surface area contributed by atoms with Gasteiger partial charge in [0.05, 0.1) is 5.56 Å². The van der Waals surface area contributed by atoms with Gasteiger partial charge in [-0.05, 0) is 32.0 Å². The molecule has 0 aliphatic rings. The number of hydrogen-bond donors (Lipinski definition) is 0. The molecule has 1 aromatic rings. The van der Waals surface area contributed by atoms with E-state index in [9.17, 15) is 13.2 Å². The Balaban J connectivity index is 2.61. The Morgan fingerprint density at radius 2 is 1.74 bits per heavy atom. The molecule has 1 rings (SSSR count). The summed E-state index contributed by atoms with van der Waals surface area (Å²) >= 11 is 0. The van der Waals surface area contributed by atoms with Gasteiger partial charge in [-0.15, -0.1) is 0 Å². The van der Waals surface area contributed by atoms with E-state index in [-0.39, 0.29) is 12.4 Å². The monoisotopic (exact) mass is 278 g/mol. The lowest BCUT2D eigenvalue weighted by molar-refractivity contribution is -0.152. The second-order valence-electron chi connectivity index (χ2n) is 3.68. The van der Waals surface area contributed by atoms with Crippen LogP contribution in [0.25, 0.3) is 0 Å². The average molecular weight is 278 g/mol. The second-order valence-corrected chi connectivity index (χ2v) is 3.68. The van der Waals surface area contributed by atoms with Crippen LogP contribution in [0.1, 0.15) is 19.4 Å². The van der Waals surface area contributed by atoms with Crippen LogP contribution in [0.4, 0.5) is 13.2 Å². The molecule has 3 nitrogen and oxygen atoms in total. The molecule has 6 heteroatoms. The molecular formula is C13H17F3O3. The Morgan fingerprint density at radius 3 is 2.26 bits per heavy atom. The summed E-state index contributed by atoms with van der Waals surface area (Å²) < 4.78 is 53.2. The van der Waals surface area contributed by atoms with Gasteiger partial charge in [0.25, 0.3) is 0 Å². The van der Waals surface area contributed by atoms with Gasteiger partial charge in [0.2, 0.25) is 0 Å². The molecular weight excluding hydrogens is 261 g/mol. The zero-order valence-corrected chi connectivity index (χ0v) is 10.9. The first-order valence-electron chi connectivity index (χ1n) is 6.00. The third-order valence-electron chi connectivity index (χ3n) is 2.25. The van der Waals surface area contributed by atoms with Crippen molar-refractivity contribution in [1.82, 2.24) is 0 Å². The third-order valence-corrected chi connectivity index (χ3v) is 2.25. The van der Waals surface area contributed by atoms with Crippen molar-refractivity contribution in [3.8, 4) is 5.75 Å². The van der Waals surface area contributed by atoms with E-state index in [0.717, 1.165) is 12.1 Å². The molecule has 108 valence electrons. The highest BCUT2D eigenvalue weighted by atomic mass is 19.4. The number of halogens is 3. The quantitative estimate of drug-likeness (QED) is 0.715. The molecule has 0 saturated carbocycles. The predicted molar refractivity (Wildman–Crippen MR) is 64.0 cm³/mol. The largest absolute Gasteiger partial charge is 0.488 e. The maximum atomic E-state index is 12.5. The summed E-state index contributed by atoms with van der Waals surface area (Å²) in [4.78, 5) is 0. The Hall–Kier alpha value is -1.27. The number of alkyl halides is 3. The molecule has 0 spiro atoms. The van der Waals surface area contributed by atoms with Gasteiger partial charge in [-0.1, -0.05) is 6.07 Å². The first-order valence-corrected chi connectivity index (χ1v) is 6.00. The molecule has 0 aliphatic carbocycles. The van der Waals surface area contributed by atoms with Gasteiger partial charge in [0.15, 0.2) is 6.29 Å². The first kappa shape index (κ1) is 15.8. The van der Waals surface area contributed by atoms with Crippen LogP contribution in [0.5, 0.6) is 5.75 Å². The SMILES string of the molecule is CCOC(COc1cccc(C(F)(F)F)c1)OCC. The number of benzene rings is 1. The molecule has 0 aromatic heterocycles. The number of rotatable bonds is 7. The molecule has 0 radical (unpaired) electrons. The lowest BCUT2D eigenvalue weighted by Gasteiger charge is -2.18. The van der Waals surface area contributed by atoms with Gasteiger partial charge in [-0.2, -0.15) is 13.2 Å². The van der Waals surface area contributed by atoms with Crippen LogP contribution in [0.3, 0.4) is 0 Å². The maximum absolute atomic E-state index is 12.5. The summed E-state index contributed by atoms with van der Waals surface area (Å²) in [6.07, 6.45) is -4.96. The number of hydrogen-bond acceptors (Lipinski definition) is 3. The molecule has 0 unspecified atom stereocenters. The fourth-order valence-corrected chi connectivity index (χ4v) is 1.44. The maximum Gasteiger partial charge on any atom is 0.416 e. The Morgan fingerprint density at radius 1 is 1.11 bits per heavy atom. The summed E-state index contributed by atoms with van der Waals surface area (Å²) in [6, 6.07) is 4.71. The molecule has 19 heavy (non-hydrogen) atoms. The van der Waals surface area contributed by atoms with Gasteiger partial charge in [0.1, 0.15) is 12.4 Å². The highest BCUT2D eigenvalue weighted by molar-refractivity contribution is 5.30. The van der Waals surface area contributed by atoms with Crippen molar-refractivity contribution in [3.05, 3.63) is 29.8 Å². The third kappa shape index (κ3) is 5.48. The fourth-order valence-electron chi connectivity index (χ4n) is 1.44. The van der Waals surface area contributed by atoms with Crippen LogP contribution in [0.15, 0.2) is 24.3 Å². The highest BCUT2D eigenvalue weighted by Gasteiger charge is 2.30. The summed E-state index contributed by atoms with van der Waals surface area (Å²) in [5, 5.41) is 0. The van der Waals surface area contributed by atoms with Crippen molar-refractivity contribution in [2.45, 2.75) is 26.3 Å². The van der Waals surface area contributed by atoms with Crippen LogP contribution in [0.2, 0.25) is 0 Å². The van der Waals surface area contributed by atoms with Crippen molar-refractivity contribution in [2.24, 2.45) is 0 Å². The van der Waals surface area contributed by atoms with E-state index in [1.165, 1.54) is 12.1 Å². The van der Waals surface area contributed by atoms with Crippen molar-refractivity contribution in [3.63, 3.8) is 0 Å². The molecule has 0 bridgehead atoms. The molecule has 0 heterocycles. The highest BCUT2D eigenvalue weighted by Crippen LogP contribution is 2.31. The van der Waals surface area contributed by atoms with E-state index in [4.69, 9.17) is 14.2 Å². The fraction of sp³-hybridized carbons (Fsp3) is 0.538. The standard InChI is InChI=1S/C13H17F3O3/c1-3-17-12(18-4-2)9-19-11-7-5-6-10(8-11)13(14,15)16/h5-8,12H,3-4,9H2,1-2H3. The smallest absolute Gasteiger partial charge is 0.416 e. The minimum atomic E-state index is -4.38. The predicted octanol–water partition coefficient (Wildman–Crippen LogP) is 3.48. The van der Waals surface area contributed by atoms with Crippen molar-refractivity contribution >= 4 is 0 Å². The van der Waals surface area contributed by atoms with E-state index in [1.54, 1.807) is 13.8 Å². The second kappa shape index (κ2) is 7.35. The van der Waals surface area contributed by atoms with E-state index in [1.807, 2.05) is 0 Å². The minimum absolute atomic E-state index is 0.0446. The average Bonchev–Trinajstić information content (AvgIpc) is 2.36. The van der Waals surface area contributed by atoms with Gasteiger partial charge in [0, 0.05) is 13.2 Å². The van der Waals surface area contributed by atoms with Crippen LogP contribution >= 0.6 is 0 Å². The molecule has 0 atom stereocenters. The van der Waals surface area contributed by atoms with Crippen LogP contribution < -0.4 is 4.74 Å². The molecule has 0 amide bonds. The summed E-state index contributed by atoms with van der Waals surface area (Å²) in [5.41, 5.74) is -0.741. The Kier molecular flexibility index (Phi) is 6.11. The van der Waals surface area contributed by atoms with Crippen molar-refractivity contribution < 1.29 is 27.4 Å². The molecule has 0 saturated heterocycles. The lowest BCUT2D eigenvalue weighted by Crippen LogP contribution is -2.25. The Bertz CT molecular complexity index is 374. The summed E-state index contributed by atoms with van der Waals surface area (Å²) in [6.45, 7) is 4.53. The Labute approximate surface area is 110 Å². The first-order chi connectivity index (χ1) is 8.97. The van der Waals surface area contributed by atoms with Crippen molar-refractivity contribution in [1.29, 1.82) is 0 Å². The van der Waals surface area contributed by atoms with Crippen molar-refractivity contribution in [2.75, 3.05) is 19.8 Å².